The number of ether oxygens (including phenoxy) is 1. The van der Waals surface area contributed by atoms with Crippen LogP contribution >= 0.6 is 43.2 Å². The fourth-order valence-electron chi connectivity index (χ4n) is 4.21. The average molecular weight is 604 g/mol. The third-order valence-corrected chi connectivity index (χ3v) is 8.61. The molecule has 1 aliphatic carbocycles. The van der Waals surface area contributed by atoms with Gasteiger partial charge in [-0.05, 0) is 91.8 Å². The maximum absolute atomic E-state index is 13.9. The molecule has 1 heterocycles. The molecule has 34 heavy (non-hydrogen) atoms. The zero-order valence-corrected chi connectivity index (χ0v) is 23.3. The Labute approximate surface area is 220 Å². The first-order valence-electron chi connectivity index (χ1n) is 11.1. The molecule has 1 atom stereocenters. The van der Waals surface area contributed by atoms with Crippen LogP contribution in [-0.2, 0) is 19.4 Å². The number of rotatable bonds is 5. The van der Waals surface area contributed by atoms with Crippen LogP contribution in [0.4, 0.5) is 9.39 Å². The highest BCUT2D eigenvalue weighted by atomic mass is 79.9. The molecule has 0 saturated heterocycles. The van der Waals surface area contributed by atoms with E-state index in [-0.39, 0.29) is 17.8 Å². The number of aliphatic imine (C=N–C) groups is 1. The minimum absolute atomic E-state index is 0.124. The second-order valence-electron chi connectivity index (χ2n) is 9.55. The summed E-state index contributed by atoms with van der Waals surface area (Å²) in [5, 5.41) is 10.6. The van der Waals surface area contributed by atoms with Gasteiger partial charge in [0.15, 0.2) is 0 Å². The average Bonchev–Trinajstić information content (AvgIpc) is 3.14. The summed E-state index contributed by atoms with van der Waals surface area (Å²) in [6, 6.07) is 12.8. The summed E-state index contributed by atoms with van der Waals surface area (Å²) in [7, 11) is 0. The molecule has 2 aromatic carbocycles. The Kier molecular flexibility index (Phi) is 7.61. The van der Waals surface area contributed by atoms with Gasteiger partial charge in [0.05, 0.1) is 14.5 Å². The number of thiophene rings is 1. The number of nitrogens with zero attached hydrogens (tertiary/aromatic N) is 2. The van der Waals surface area contributed by atoms with Crippen molar-refractivity contribution in [3.05, 3.63) is 78.3 Å². The van der Waals surface area contributed by atoms with Crippen LogP contribution in [0.1, 0.15) is 54.3 Å². The van der Waals surface area contributed by atoms with Crippen LogP contribution in [0.2, 0.25) is 0 Å². The van der Waals surface area contributed by atoms with E-state index in [2.05, 4.69) is 58.7 Å². The van der Waals surface area contributed by atoms with E-state index in [4.69, 9.17) is 9.73 Å². The zero-order chi connectivity index (χ0) is 24.5. The zero-order valence-electron chi connectivity index (χ0n) is 19.3. The van der Waals surface area contributed by atoms with E-state index >= 15 is 0 Å². The summed E-state index contributed by atoms with van der Waals surface area (Å²) in [5.74, 6) is 0.919. The lowest BCUT2D eigenvalue weighted by atomic mass is 9.72. The fourth-order valence-corrected chi connectivity index (χ4v) is 6.88. The first-order chi connectivity index (χ1) is 16.2. The van der Waals surface area contributed by atoms with E-state index in [0.29, 0.717) is 22.8 Å². The van der Waals surface area contributed by atoms with Crippen molar-refractivity contribution in [2.45, 2.75) is 46.6 Å². The van der Waals surface area contributed by atoms with Gasteiger partial charge in [-0.3, -0.25) is 0 Å². The highest BCUT2D eigenvalue weighted by Gasteiger charge is 2.32. The molecular weight excluding hydrogens is 579 g/mol. The maximum Gasteiger partial charge on any atom is 0.148 e. The van der Waals surface area contributed by atoms with Gasteiger partial charge in [0.1, 0.15) is 29.2 Å². The minimum atomic E-state index is -0.292. The summed E-state index contributed by atoms with van der Waals surface area (Å²) in [4.78, 5) is 6.00. The minimum Gasteiger partial charge on any atom is -0.486 e. The van der Waals surface area contributed by atoms with E-state index in [1.807, 2.05) is 12.1 Å². The molecule has 1 aliphatic rings. The highest BCUT2D eigenvalue weighted by Crippen LogP contribution is 2.45. The Morgan fingerprint density at radius 1 is 1.24 bits per heavy atom. The molecule has 0 amide bonds. The quantitative estimate of drug-likeness (QED) is 0.274. The summed E-state index contributed by atoms with van der Waals surface area (Å²) in [5.41, 5.74) is 3.50. The van der Waals surface area contributed by atoms with Crippen molar-refractivity contribution >= 4 is 54.4 Å². The smallest absolute Gasteiger partial charge is 0.148 e. The molecule has 0 fully saturated rings. The van der Waals surface area contributed by atoms with Gasteiger partial charge < -0.3 is 4.74 Å². The lowest BCUT2D eigenvalue weighted by Crippen LogP contribution is -2.26. The lowest BCUT2D eigenvalue weighted by Gasteiger charge is -2.33. The van der Waals surface area contributed by atoms with Gasteiger partial charge in [0.25, 0.3) is 0 Å². The molecule has 0 bridgehead atoms. The number of benzene rings is 2. The van der Waals surface area contributed by atoms with Crippen molar-refractivity contribution < 1.29 is 9.13 Å². The lowest BCUT2D eigenvalue weighted by molar-refractivity contribution is 0.218. The van der Waals surface area contributed by atoms with Gasteiger partial charge in [0, 0.05) is 16.7 Å². The van der Waals surface area contributed by atoms with E-state index in [0.717, 1.165) is 38.8 Å². The predicted octanol–water partition coefficient (Wildman–Crippen LogP) is 8.76. The molecule has 0 spiro atoms. The van der Waals surface area contributed by atoms with Gasteiger partial charge in [-0.1, -0.05) is 39.0 Å². The molecule has 3 nitrogen and oxygen atoms in total. The highest BCUT2D eigenvalue weighted by molar-refractivity contribution is 9.11. The molecule has 0 unspecified atom stereocenters. The Hall–Kier alpha value is -2.01. The van der Waals surface area contributed by atoms with E-state index in [9.17, 15) is 9.65 Å². The molecule has 0 saturated carbocycles. The number of nitriles is 1. The molecule has 0 N–H and O–H groups in total. The van der Waals surface area contributed by atoms with Gasteiger partial charge in [-0.2, -0.15) is 5.26 Å². The van der Waals surface area contributed by atoms with Crippen molar-refractivity contribution in [2.24, 2.45) is 16.3 Å². The number of halogens is 3. The van der Waals surface area contributed by atoms with Crippen LogP contribution in [0, 0.1) is 28.5 Å². The molecule has 176 valence electrons. The van der Waals surface area contributed by atoms with Crippen LogP contribution in [0.3, 0.4) is 0 Å². The number of hydrogen-bond acceptors (Lipinski definition) is 4. The van der Waals surface area contributed by atoms with E-state index in [1.54, 1.807) is 35.8 Å². The summed E-state index contributed by atoms with van der Waals surface area (Å²) >= 11 is 8.75. The summed E-state index contributed by atoms with van der Waals surface area (Å²) < 4.78 is 21.2. The number of hydrogen-bond donors (Lipinski definition) is 0. The Balaban J connectivity index is 1.54. The third kappa shape index (κ3) is 5.45. The van der Waals surface area contributed by atoms with Gasteiger partial charge in [-0.15, -0.1) is 11.3 Å². The molecule has 4 rings (SSSR count). The van der Waals surface area contributed by atoms with Gasteiger partial charge >= 0.3 is 0 Å². The van der Waals surface area contributed by atoms with Crippen molar-refractivity contribution in [2.75, 3.05) is 0 Å². The van der Waals surface area contributed by atoms with Gasteiger partial charge in [-0.25, -0.2) is 9.38 Å². The SMILES string of the molecule is CC(C)(C)[C@@H]1CCc2c(sc(N=Cc3cc(Br)c(OCc4ccccc4F)c(Br)c3)c2C#N)C1. The first kappa shape index (κ1) is 25.1. The molecule has 1 aromatic heterocycles. The van der Waals surface area contributed by atoms with Crippen LogP contribution in [0.25, 0.3) is 0 Å². The fraction of sp³-hybridized carbons (Fsp3) is 0.333. The normalized spacial score (nSPS) is 15.9. The largest absolute Gasteiger partial charge is 0.486 e. The van der Waals surface area contributed by atoms with Crippen molar-refractivity contribution in [1.82, 2.24) is 0 Å². The number of fused-ring (bicyclic) bond motifs is 1. The van der Waals surface area contributed by atoms with Gasteiger partial charge in [0.2, 0.25) is 0 Å². The molecular formula is C27H25Br2FN2OS. The van der Waals surface area contributed by atoms with Crippen molar-refractivity contribution in [3.63, 3.8) is 0 Å². The summed E-state index contributed by atoms with van der Waals surface area (Å²) in [6.45, 7) is 7.00. The molecule has 0 aliphatic heterocycles. The topological polar surface area (TPSA) is 45.4 Å². The second-order valence-corrected chi connectivity index (χ2v) is 12.3. The van der Waals surface area contributed by atoms with Crippen molar-refractivity contribution in [1.29, 1.82) is 5.26 Å². The first-order valence-corrected chi connectivity index (χ1v) is 13.5. The second kappa shape index (κ2) is 10.3. The van der Waals surface area contributed by atoms with E-state index in [1.165, 1.54) is 16.5 Å². The van der Waals surface area contributed by atoms with Crippen LogP contribution in [0.15, 0.2) is 50.3 Å². The molecule has 7 heteroatoms. The van der Waals surface area contributed by atoms with Crippen molar-refractivity contribution in [3.8, 4) is 11.8 Å². The van der Waals surface area contributed by atoms with Crippen LogP contribution < -0.4 is 4.74 Å². The standard InChI is InChI=1S/C27H25Br2FN2OS/c1-27(2,3)18-8-9-19-20(13-31)26(34-24(19)12-18)32-14-16-10-21(28)25(22(29)11-16)33-15-17-6-4-5-7-23(17)30/h4-7,10-11,14,18H,8-9,12,15H2,1-3H3/t18-/m1/s1. The molecule has 3 aromatic rings. The summed E-state index contributed by atoms with van der Waals surface area (Å²) in [6.07, 6.45) is 4.84. The monoisotopic (exact) mass is 602 g/mol. The van der Waals surface area contributed by atoms with E-state index < -0.39 is 0 Å². The van der Waals surface area contributed by atoms with Crippen LogP contribution in [-0.4, -0.2) is 6.21 Å². The third-order valence-electron chi connectivity index (χ3n) is 6.26. The van der Waals surface area contributed by atoms with Crippen LogP contribution in [0.5, 0.6) is 5.75 Å². The Bertz CT molecular complexity index is 1260. The predicted molar refractivity (Wildman–Crippen MR) is 144 cm³/mol. The molecule has 0 radical (unpaired) electrons. The Morgan fingerprint density at radius 3 is 2.59 bits per heavy atom. The maximum atomic E-state index is 13.9. The Morgan fingerprint density at radius 2 is 1.94 bits per heavy atom.